The van der Waals surface area contributed by atoms with E-state index >= 15 is 0 Å². The molecule has 0 nitrogen and oxygen atoms in total. The summed E-state index contributed by atoms with van der Waals surface area (Å²) in [6, 6.07) is 79.8. The molecule has 0 spiro atoms. The van der Waals surface area contributed by atoms with Gasteiger partial charge in [-0.25, -0.2) is 0 Å². The summed E-state index contributed by atoms with van der Waals surface area (Å²) in [6.45, 7) is 0. The molecule has 1 unspecified atom stereocenters. The van der Waals surface area contributed by atoms with E-state index in [2.05, 4.69) is 212 Å². The van der Waals surface area contributed by atoms with Gasteiger partial charge in [0.25, 0.3) is 0 Å². The average Bonchev–Trinajstić information content (AvgIpc) is 3.20. The zero-order chi connectivity index (χ0) is 33.8. The Balaban J connectivity index is 1.36. The molecule has 7 aromatic rings. The van der Waals surface area contributed by atoms with Crippen LogP contribution in [0.1, 0.15) is 0 Å². The maximum absolute atomic E-state index is 2.41. The number of hydrogen-bond donors (Lipinski definition) is 0. The lowest BCUT2D eigenvalue weighted by Gasteiger charge is -2.38. The molecule has 4 heteroatoms. The van der Waals surface area contributed by atoms with E-state index in [0.29, 0.717) is 5.40 Å². The first kappa shape index (κ1) is 34.7. The molecule has 0 aliphatic carbocycles. The van der Waals surface area contributed by atoms with Gasteiger partial charge in [-0.3, -0.25) is 0 Å². The Morgan fingerprint density at radius 1 is 0.280 bits per heavy atom. The second-order valence-electron chi connectivity index (χ2n) is 12.2. The predicted molar refractivity (Wildman–Crippen MR) is 229 cm³/mol. The molecule has 0 N–H and O–H groups in total. The van der Waals surface area contributed by atoms with Gasteiger partial charge in [0.2, 0.25) is 0 Å². The molecule has 0 heterocycles. The molecule has 0 saturated carbocycles. The first-order valence-corrected chi connectivity index (χ1v) is 23.4. The SMILES string of the molecule is c1ccc(P(CCP(c2ccccc2)c2ccccc2)CC(P(c2ccccc2)c2ccccc2)P(c2ccccc2)c2ccccc2)cc1. The van der Waals surface area contributed by atoms with Crippen molar-refractivity contribution in [1.82, 2.24) is 0 Å². The Morgan fingerprint density at radius 2 is 0.540 bits per heavy atom. The van der Waals surface area contributed by atoms with Crippen molar-refractivity contribution in [3.05, 3.63) is 212 Å². The van der Waals surface area contributed by atoms with Crippen LogP contribution in [0.5, 0.6) is 0 Å². The van der Waals surface area contributed by atoms with Gasteiger partial charge in [0.1, 0.15) is 0 Å². The summed E-state index contributed by atoms with van der Waals surface area (Å²) in [5.74, 6) is 0. The summed E-state index contributed by atoms with van der Waals surface area (Å²) in [7, 11) is -2.34. The minimum Gasteiger partial charge on any atom is -0.0739 e. The van der Waals surface area contributed by atoms with Gasteiger partial charge in [-0.2, -0.15) is 0 Å². The van der Waals surface area contributed by atoms with Crippen LogP contribution >= 0.6 is 31.7 Å². The molecule has 50 heavy (non-hydrogen) atoms. The maximum Gasteiger partial charge on any atom is 0.0197 e. The van der Waals surface area contributed by atoms with Crippen molar-refractivity contribution in [1.29, 1.82) is 0 Å². The molecule has 0 amide bonds. The van der Waals surface area contributed by atoms with Crippen LogP contribution in [0, 0.1) is 0 Å². The monoisotopic (exact) mass is 718 g/mol. The quantitative estimate of drug-likeness (QED) is 0.0984. The Hall–Kier alpha value is -3.74. The summed E-state index contributed by atoms with van der Waals surface area (Å²) < 4.78 is 0. The lowest BCUT2D eigenvalue weighted by atomic mass is 10.4. The van der Waals surface area contributed by atoms with Crippen LogP contribution in [0.25, 0.3) is 0 Å². The van der Waals surface area contributed by atoms with E-state index in [1.165, 1.54) is 55.6 Å². The van der Waals surface area contributed by atoms with Crippen molar-refractivity contribution in [2.45, 2.75) is 5.40 Å². The van der Waals surface area contributed by atoms with Gasteiger partial charge in [0.15, 0.2) is 0 Å². The second-order valence-corrected chi connectivity index (χ2v) is 22.1. The molecule has 7 rings (SSSR count). The third kappa shape index (κ3) is 8.76. The molecule has 0 fully saturated rings. The Labute approximate surface area is 303 Å². The van der Waals surface area contributed by atoms with E-state index in [1.807, 2.05) is 0 Å². The maximum atomic E-state index is 2.41. The standard InChI is InChI=1S/C46H42P4/c1-8-22-39(23-9-1)47(36-37-48(40-24-10-2-11-25-40)41-26-12-3-13-27-41)38-46(49(42-28-14-4-15-29-42)43-30-16-5-17-31-43)50(44-32-18-6-19-33-44)45-34-20-7-21-35-45/h1-35,46H,36-38H2. The number of benzene rings is 7. The lowest BCUT2D eigenvalue weighted by molar-refractivity contribution is 1.36. The molecular formula is C46H42P4. The molecule has 0 saturated heterocycles. The molecule has 0 bridgehead atoms. The molecular weight excluding hydrogens is 676 g/mol. The van der Waals surface area contributed by atoms with Gasteiger partial charge in [-0.1, -0.05) is 220 Å². The first-order chi connectivity index (χ1) is 24.8. The van der Waals surface area contributed by atoms with E-state index in [4.69, 9.17) is 0 Å². The van der Waals surface area contributed by atoms with Gasteiger partial charge in [0, 0.05) is 5.40 Å². The summed E-state index contributed by atoms with van der Waals surface area (Å²) in [6.07, 6.45) is 3.56. The topological polar surface area (TPSA) is 0 Å². The van der Waals surface area contributed by atoms with E-state index < -0.39 is 31.7 Å². The minimum absolute atomic E-state index is 0.445. The summed E-state index contributed by atoms with van der Waals surface area (Å²) in [4.78, 5) is 0. The van der Waals surface area contributed by atoms with Gasteiger partial charge < -0.3 is 0 Å². The fourth-order valence-corrected chi connectivity index (χ4v) is 20.9. The van der Waals surface area contributed by atoms with Crippen LogP contribution in [-0.2, 0) is 0 Å². The lowest BCUT2D eigenvalue weighted by Crippen LogP contribution is -2.31. The van der Waals surface area contributed by atoms with Crippen molar-refractivity contribution >= 4 is 68.8 Å². The van der Waals surface area contributed by atoms with Crippen molar-refractivity contribution in [2.75, 3.05) is 18.5 Å². The van der Waals surface area contributed by atoms with E-state index in [1.54, 1.807) is 0 Å². The molecule has 246 valence electrons. The largest absolute Gasteiger partial charge is 0.0739 e. The molecule has 0 aliphatic rings. The zero-order valence-electron chi connectivity index (χ0n) is 28.2. The highest BCUT2D eigenvalue weighted by atomic mass is 31.2. The molecule has 0 radical (unpaired) electrons. The van der Waals surface area contributed by atoms with Gasteiger partial charge in [-0.05, 0) is 79.4 Å². The number of rotatable bonds is 14. The molecule has 7 aromatic carbocycles. The summed E-state index contributed by atoms with van der Waals surface area (Å²) in [5, 5.41) is 10.8. The van der Waals surface area contributed by atoms with Crippen LogP contribution in [0.4, 0.5) is 0 Å². The fourth-order valence-electron chi connectivity index (χ4n) is 6.63. The van der Waals surface area contributed by atoms with Crippen molar-refractivity contribution < 1.29 is 0 Å². The van der Waals surface area contributed by atoms with Gasteiger partial charge >= 0.3 is 0 Å². The fraction of sp³-hybridized carbons (Fsp3) is 0.0870. The van der Waals surface area contributed by atoms with Crippen molar-refractivity contribution in [3.8, 4) is 0 Å². The van der Waals surface area contributed by atoms with Crippen LogP contribution in [0.15, 0.2) is 212 Å². The van der Waals surface area contributed by atoms with Crippen LogP contribution in [0.3, 0.4) is 0 Å². The summed E-state index contributed by atoms with van der Waals surface area (Å²) >= 11 is 0. The molecule has 0 aliphatic heterocycles. The normalized spacial score (nSPS) is 12.1. The minimum atomic E-state index is -0.687. The van der Waals surface area contributed by atoms with Gasteiger partial charge in [-0.15, -0.1) is 0 Å². The van der Waals surface area contributed by atoms with Crippen LogP contribution in [-0.4, -0.2) is 23.9 Å². The van der Waals surface area contributed by atoms with Crippen LogP contribution < -0.4 is 37.1 Å². The smallest absolute Gasteiger partial charge is 0.0197 e. The Bertz CT molecular complexity index is 1770. The zero-order valence-corrected chi connectivity index (χ0v) is 31.8. The Morgan fingerprint density at radius 3 is 0.840 bits per heavy atom. The molecule has 1 atom stereocenters. The third-order valence-electron chi connectivity index (χ3n) is 8.97. The highest BCUT2D eigenvalue weighted by Gasteiger charge is 2.36. The molecule has 0 aromatic heterocycles. The van der Waals surface area contributed by atoms with E-state index in [0.717, 1.165) is 0 Å². The highest BCUT2D eigenvalue weighted by Crippen LogP contribution is 2.60. The predicted octanol–water partition coefficient (Wildman–Crippen LogP) is 9.52. The number of hydrogen-bond acceptors (Lipinski definition) is 0. The van der Waals surface area contributed by atoms with Crippen LogP contribution in [0.2, 0.25) is 0 Å². The summed E-state index contributed by atoms with van der Waals surface area (Å²) in [5.41, 5.74) is 0. The van der Waals surface area contributed by atoms with Crippen molar-refractivity contribution in [2.24, 2.45) is 0 Å². The Kier molecular flexibility index (Phi) is 12.5. The highest BCUT2D eigenvalue weighted by molar-refractivity contribution is 7.90. The second kappa shape index (κ2) is 18.0. The van der Waals surface area contributed by atoms with E-state index in [9.17, 15) is 0 Å². The van der Waals surface area contributed by atoms with E-state index in [-0.39, 0.29) is 0 Å². The third-order valence-corrected chi connectivity index (χ3v) is 21.4. The average molecular weight is 719 g/mol. The van der Waals surface area contributed by atoms with Crippen molar-refractivity contribution in [3.63, 3.8) is 0 Å². The van der Waals surface area contributed by atoms with Gasteiger partial charge in [0.05, 0.1) is 0 Å². The first-order valence-electron chi connectivity index (χ1n) is 17.3.